The molecule has 3 saturated heterocycles. The van der Waals surface area contributed by atoms with Crippen LogP contribution >= 0.6 is 0 Å². The van der Waals surface area contributed by atoms with Crippen LogP contribution in [0, 0.1) is 0 Å². The fourth-order valence-corrected chi connectivity index (χ4v) is 4.99. The maximum atomic E-state index is 13.5. The average molecular weight is 513 g/mol. The van der Waals surface area contributed by atoms with Gasteiger partial charge in [0.25, 0.3) is 0 Å². The number of hydrogen-bond acceptors (Lipinski definition) is 6. The number of unbranched alkanes of at least 4 members (excludes halogenated alkanes) is 2. The Morgan fingerprint density at radius 1 is 0.946 bits per heavy atom. The van der Waals surface area contributed by atoms with Gasteiger partial charge in [0.2, 0.25) is 23.6 Å². The molecule has 0 radical (unpaired) electrons. The molecule has 0 aromatic heterocycles. The number of fused-ring (bicyclic) bond motifs is 1. The van der Waals surface area contributed by atoms with Crippen LogP contribution in [0.25, 0.3) is 0 Å². The minimum absolute atomic E-state index is 0.105. The number of carbonyl (C=O) groups excluding carboxylic acids is 5. The van der Waals surface area contributed by atoms with E-state index in [-0.39, 0.29) is 30.1 Å². The molecule has 0 saturated carbocycles. The highest BCUT2D eigenvalue weighted by molar-refractivity contribution is 5.97. The van der Waals surface area contributed by atoms with Gasteiger partial charge in [0.15, 0.2) is 5.78 Å². The van der Waals surface area contributed by atoms with Crippen LogP contribution < -0.4 is 16.0 Å². The van der Waals surface area contributed by atoms with Crippen molar-refractivity contribution < 1.29 is 28.7 Å². The first-order valence-corrected chi connectivity index (χ1v) is 13.2. The van der Waals surface area contributed by atoms with Gasteiger partial charge in [-0.2, -0.15) is 0 Å². The predicted octanol–water partition coefficient (Wildman–Crippen LogP) is 0.626. The second-order valence-corrected chi connectivity index (χ2v) is 10.1. The molecule has 3 aliphatic heterocycles. The standard InChI is InChI=1S/C27H36N4O6/c1-17-24(33)30-20(15-18-9-4-2-5-10-18)27(36)31-14-8-12-21(31)26(35)29-19(25(34)28-17)11-6-3-7-13-22(32)23-16-37-23/h2,4-5,9-10,17,19-21,23H,3,6-8,11-16H2,1H3,(H,28,34)(H,29,35)(H,30,33)/t17-,19-,20-,21-,23?/m0/s1. The fraction of sp³-hybridized carbons (Fsp3) is 0.593. The number of Topliss-reactive ketones (excluding diaryl/α,β-unsaturated/α-hetero) is 1. The van der Waals surface area contributed by atoms with E-state index < -0.39 is 36.0 Å². The fourth-order valence-electron chi connectivity index (χ4n) is 4.99. The van der Waals surface area contributed by atoms with E-state index in [0.717, 1.165) is 12.0 Å². The first kappa shape index (κ1) is 26.8. The van der Waals surface area contributed by atoms with Gasteiger partial charge >= 0.3 is 0 Å². The molecular formula is C27H36N4O6. The number of rotatable bonds is 9. The highest BCUT2D eigenvalue weighted by atomic mass is 16.6. The minimum Gasteiger partial charge on any atom is -0.365 e. The lowest BCUT2D eigenvalue weighted by atomic mass is 10.0. The molecule has 200 valence electrons. The van der Waals surface area contributed by atoms with Gasteiger partial charge in [0, 0.05) is 19.4 Å². The molecule has 3 fully saturated rings. The summed E-state index contributed by atoms with van der Waals surface area (Å²) < 4.78 is 5.00. The van der Waals surface area contributed by atoms with E-state index >= 15 is 0 Å². The summed E-state index contributed by atoms with van der Waals surface area (Å²) in [6, 6.07) is 6.13. The van der Waals surface area contributed by atoms with Crippen molar-refractivity contribution in [2.45, 2.75) is 88.6 Å². The molecule has 1 aromatic carbocycles. The average Bonchev–Trinajstić information content (AvgIpc) is 3.63. The molecule has 0 aliphatic carbocycles. The number of epoxide rings is 1. The van der Waals surface area contributed by atoms with Crippen molar-refractivity contribution in [1.29, 1.82) is 0 Å². The SMILES string of the molecule is C[C@@H]1NC(=O)[C@H](CCCCCC(=O)C2CO2)NC(=O)[C@@H]2CCCN2C(=O)[C@H](Cc2ccccc2)NC1=O. The van der Waals surface area contributed by atoms with Gasteiger partial charge in [-0.25, -0.2) is 0 Å². The summed E-state index contributed by atoms with van der Waals surface area (Å²) in [5.41, 5.74) is 0.886. The Hall–Kier alpha value is -3.27. The van der Waals surface area contributed by atoms with Crippen molar-refractivity contribution >= 4 is 29.4 Å². The first-order chi connectivity index (χ1) is 17.8. The van der Waals surface area contributed by atoms with Crippen LogP contribution in [0.3, 0.4) is 0 Å². The van der Waals surface area contributed by atoms with Crippen molar-refractivity contribution in [3.8, 4) is 0 Å². The van der Waals surface area contributed by atoms with E-state index in [1.807, 2.05) is 30.3 Å². The molecule has 37 heavy (non-hydrogen) atoms. The van der Waals surface area contributed by atoms with Crippen LogP contribution in [-0.4, -0.2) is 77.7 Å². The quantitative estimate of drug-likeness (QED) is 0.328. The van der Waals surface area contributed by atoms with Crippen molar-refractivity contribution in [1.82, 2.24) is 20.9 Å². The molecule has 3 aliphatic rings. The summed E-state index contributed by atoms with van der Waals surface area (Å²) in [7, 11) is 0. The topological polar surface area (TPSA) is 137 Å². The minimum atomic E-state index is -0.886. The molecule has 3 heterocycles. The number of hydrogen-bond donors (Lipinski definition) is 3. The summed E-state index contributed by atoms with van der Waals surface area (Å²) >= 11 is 0. The smallest absolute Gasteiger partial charge is 0.246 e. The highest BCUT2D eigenvalue weighted by Gasteiger charge is 2.40. The second kappa shape index (κ2) is 12.3. The molecule has 1 aromatic rings. The number of benzene rings is 1. The van der Waals surface area contributed by atoms with E-state index in [1.165, 1.54) is 4.90 Å². The Kier molecular flexibility index (Phi) is 8.91. The summed E-state index contributed by atoms with van der Waals surface area (Å²) in [6.45, 7) is 2.49. The van der Waals surface area contributed by atoms with Gasteiger partial charge in [0.05, 0.1) is 6.61 Å². The number of nitrogens with one attached hydrogen (secondary N) is 3. The van der Waals surface area contributed by atoms with Gasteiger partial charge in [0.1, 0.15) is 30.3 Å². The highest BCUT2D eigenvalue weighted by Crippen LogP contribution is 2.21. The van der Waals surface area contributed by atoms with Gasteiger partial charge in [-0.15, -0.1) is 0 Å². The maximum absolute atomic E-state index is 13.5. The Labute approximate surface area is 216 Å². The number of ether oxygens (including phenoxy) is 1. The number of ketones is 1. The summed E-state index contributed by atoms with van der Waals surface area (Å²) in [4.78, 5) is 66.2. The molecular weight excluding hydrogens is 476 g/mol. The number of amides is 4. The Morgan fingerprint density at radius 3 is 2.41 bits per heavy atom. The summed E-state index contributed by atoms with van der Waals surface area (Å²) in [5.74, 6) is -1.44. The van der Waals surface area contributed by atoms with Crippen molar-refractivity contribution in [2.24, 2.45) is 0 Å². The lowest BCUT2D eigenvalue weighted by Crippen LogP contribution is -2.61. The van der Waals surface area contributed by atoms with Crippen LogP contribution in [0.1, 0.15) is 57.4 Å². The summed E-state index contributed by atoms with van der Waals surface area (Å²) in [5, 5.41) is 8.35. The zero-order chi connectivity index (χ0) is 26.4. The predicted molar refractivity (Wildman–Crippen MR) is 134 cm³/mol. The van der Waals surface area contributed by atoms with Gasteiger partial charge in [-0.3, -0.25) is 24.0 Å². The van der Waals surface area contributed by atoms with E-state index in [0.29, 0.717) is 51.7 Å². The first-order valence-electron chi connectivity index (χ1n) is 13.2. The van der Waals surface area contributed by atoms with E-state index in [2.05, 4.69) is 16.0 Å². The lowest BCUT2D eigenvalue weighted by molar-refractivity contribution is -0.143. The molecule has 0 spiro atoms. The van der Waals surface area contributed by atoms with Crippen LogP contribution in [0.5, 0.6) is 0 Å². The molecule has 3 N–H and O–H groups in total. The van der Waals surface area contributed by atoms with Crippen LogP contribution in [0.15, 0.2) is 30.3 Å². The third kappa shape index (κ3) is 7.15. The number of carbonyl (C=O) groups is 5. The molecule has 10 nitrogen and oxygen atoms in total. The van der Waals surface area contributed by atoms with Crippen LogP contribution in [-0.2, 0) is 35.1 Å². The van der Waals surface area contributed by atoms with E-state index in [4.69, 9.17) is 4.74 Å². The molecule has 1 unspecified atom stereocenters. The largest absolute Gasteiger partial charge is 0.365 e. The second-order valence-electron chi connectivity index (χ2n) is 10.1. The normalized spacial score (nSPS) is 28.4. The van der Waals surface area contributed by atoms with Crippen molar-refractivity contribution in [3.63, 3.8) is 0 Å². The Morgan fingerprint density at radius 2 is 1.68 bits per heavy atom. The van der Waals surface area contributed by atoms with Crippen LogP contribution in [0.2, 0.25) is 0 Å². The Balaban J connectivity index is 1.44. The van der Waals surface area contributed by atoms with Gasteiger partial charge < -0.3 is 25.6 Å². The molecule has 4 amide bonds. The van der Waals surface area contributed by atoms with Crippen molar-refractivity contribution in [3.05, 3.63) is 35.9 Å². The van der Waals surface area contributed by atoms with E-state index in [9.17, 15) is 24.0 Å². The zero-order valence-corrected chi connectivity index (χ0v) is 21.2. The molecule has 5 atom stereocenters. The third-order valence-corrected chi connectivity index (χ3v) is 7.23. The number of nitrogens with zero attached hydrogens (tertiary/aromatic N) is 1. The zero-order valence-electron chi connectivity index (χ0n) is 21.2. The lowest BCUT2D eigenvalue weighted by Gasteiger charge is -2.32. The molecule has 10 heteroatoms. The van der Waals surface area contributed by atoms with Crippen molar-refractivity contribution in [2.75, 3.05) is 13.2 Å². The van der Waals surface area contributed by atoms with Gasteiger partial charge in [-0.05, 0) is 38.2 Å². The summed E-state index contributed by atoms with van der Waals surface area (Å²) in [6.07, 6.45) is 4.07. The van der Waals surface area contributed by atoms with Gasteiger partial charge in [-0.1, -0.05) is 43.2 Å². The molecule has 0 bridgehead atoms. The third-order valence-electron chi connectivity index (χ3n) is 7.23. The monoisotopic (exact) mass is 512 g/mol. The molecule has 4 rings (SSSR count). The Bertz CT molecular complexity index is 1010. The maximum Gasteiger partial charge on any atom is 0.246 e. The van der Waals surface area contributed by atoms with Crippen LogP contribution in [0.4, 0.5) is 0 Å². The van der Waals surface area contributed by atoms with E-state index in [1.54, 1.807) is 6.92 Å².